The molecule has 2 N–H and O–H groups in total. The number of amides is 2. The second kappa shape index (κ2) is 5.04. The molecule has 0 bridgehead atoms. The Bertz CT molecular complexity index is 462. The van der Waals surface area contributed by atoms with Gasteiger partial charge in [0.2, 0.25) is 0 Å². The quantitative estimate of drug-likeness (QED) is 0.872. The van der Waals surface area contributed by atoms with Gasteiger partial charge in [-0.3, -0.25) is 0 Å². The van der Waals surface area contributed by atoms with Crippen LogP contribution in [0.3, 0.4) is 0 Å². The smallest absolute Gasteiger partial charge is 0.315 e. The van der Waals surface area contributed by atoms with Crippen molar-refractivity contribution in [1.82, 2.24) is 10.6 Å². The van der Waals surface area contributed by atoms with Crippen molar-refractivity contribution < 1.29 is 4.79 Å². The summed E-state index contributed by atoms with van der Waals surface area (Å²) in [5, 5.41) is 6.95. The van der Waals surface area contributed by atoms with Gasteiger partial charge in [-0.15, -0.1) is 0 Å². The van der Waals surface area contributed by atoms with E-state index in [1.165, 1.54) is 12.8 Å². The van der Waals surface area contributed by atoms with Gasteiger partial charge < -0.3 is 10.6 Å². The molecule has 19 heavy (non-hydrogen) atoms. The van der Waals surface area contributed by atoms with Gasteiger partial charge in [-0.2, -0.15) is 0 Å². The van der Waals surface area contributed by atoms with E-state index in [4.69, 9.17) is 11.6 Å². The van der Waals surface area contributed by atoms with Gasteiger partial charge in [0.25, 0.3) is 0 Å². The zero-order valence-corrected chi connectivity index (χ0v) is 11.7. The summed E-state index contributed by atoms with van der Waals surface area (Å²) in [6.45, 7) is 0. The molecular formula is C15H19ClN2O. The van der Waals surface area contributed by atoms with Crippen LogP contribution >= 0.6 is 11.6 Å². The third-order valence-corrected chi connectivity index (χ3v) is 4.44. The van der Waals surface area contributed by atoms with Gasteiger partial charge in [0.1, 0.15) is 0 Å². The molecule has 0 saturated heterocycles. The van der Waals surface area contributed by atoms with Crippen LogP contribution < -0.4 is 10.6 Å². The molecule has 0 heterocycles. The summed E-state index contributed by atoms with van der Waals surface area (Å²) in [5.74, 6) is 0. The molecule has 2 saturated carbocycles. The molecule has 2 aliphatic rings. The standard InChI is InChI=1S/C15H19ClN2O/c16-12-7-5-11(6-8-12)15(9-10-15)18-14(19)17-13-3-1-2-4-13/h5-8,13H,1-4,9-10H2,(H2,17,18,19). The molecule has 1 aromatic rings. The van der Waals surface area contributed by atoms with Crippen molar-refractivity contribution in [3.63, 3.8) is 0 Å². The Balaban J connectivity index is 1.61. The lowest BCUT2D eigenvalue weighted by molar-refractivity contribution is 0.232. The van der Waals surface area contributed by atoms with Crippen LogP contribution in [0.5, 0.6) is 0 Å². The molecule has 0 aliphatic heterocycles. The molecular weight excluding hydrogens is 260 g/mol. The highest BCUT2D eigenvalue weighted by atomic mass is 35.5. The third kappa shape index (κ3) is 2.86. The van der Waals surface area contributed by atoms with Crippen molar-refractivity contribution in [3.8, 4) is 0 Å². The lowest BCUT2D eigenvalue weighted by Crippen LogP contribution is -2.45. The molecule has 1 aromatic carbocycles. The van der Waals surface area contributed by atoms with Crippen molar-refractivity contribution >= 4 is 17.6 Å². The fourth-order valence-electron chi connectivity index (χ4n) is 2.89. The molecule has 0 aromatic heterocycles. The number of hydrogen-bond donors (Lipinski definition) is 2. The molecule has 2 amide bonds. The number of benzene rings is 1. The SMILES string of the molecule is O=C(NC1CCCC1)NC1(c2ccc(Cl)cc2)CC1. The largest absolute Gasteiger partial charge is 0.335 e. The topological polar surface area (TPSA) is 41.1 Å². The van der Waals surface area contributed by atoms with Crippen molar-refractivity contribution in [2.45, 2.75) is 50.1 Å². The number of halogens is 1. The zero-order chi connectivity index (χ0) is 13.3. The molecule has 0 atom stereocenters. The van der Waals surface area contributed by atoms with Gasteiger partial charge >= 0.3 is 6.03 Å². The van der Waals surface area contributed by atoms with Crippen molar-refractivity contribution in [2.75, 3.05) is 0 Å². The summed E-state index contributed by atoms with van der Waals surface area (Å²) in [6, 6.07) is 8.11. The Labute approximate surface area is 118 Å². The van der Waals surface area contributed by atoms with Gasteiger partial charge in [0, 0.05) is 11.1 Å². The van der Waals surface area contributed by atoms with E-state index >= 15 is 0 Å². The van der Waals surface area contributed by atoms with Crippen LogP contribution in [-0.2, 0) is 5.54 Å². The molecule has 0 radical (unpaired) electrons. The first-order valence-corrected chi connectivity index (χ1v) is 7.40. The average molecular weight is 279 g/mol. The van der Waals surface area contributed by atoms with E-state index in [1.807, 2.05) is 24.3 Å². The molecule has 3 nitrogen and oxygen atoms in total. The Morgan fingerprint density at radius 3 is 2.37 bits per heavy atom. The monoisotopic (exact) mass is 278 g/mol. The van der Waals surface area contributed by atoms with E-state index in [0.29, 0.717) is 6.04 Å². The highest BCUT2D eigenvalue weighted by Gasteiger charge is 2.45. The number of rotatable bonds is 3. The minimum Gasteiger partial charge on any atom is -0.335 e. The van der Waals surface area contributed by atoms with Gasteiger partial charge in [-0.05, 0) is 43.4 Å². The van der Waals surface area contributed by atoms with E-state index in [0.717, 1.165) is 36.3 Å². The van der Waals surface area contributed by atoms with Gasteiger partial charge in [0.05, 0.1) is 5.54 Å². The van der Waals surface area contributed by atoms with E-state index in [-0.39, 0.29) is 11.6 Å². The van der Waals surface area contributed by atoms with Crippen LogP contribution in [0.4, 0.5) is 4.79 Å². The first kappa shape index (κ1) is 12.8. The fraction of sp³-hybridized carbons (Fsp3) is 0.533. The summed E-state index contributed by atoms with van der Waals surface area (Å²) < 4.78 is 0. The van der Waals surface area contributed by atoms with Gasteiger partial charge in [-0.1, -0.05) is 36.6 Å². The Morgan fingerprint density at radius 1 is 1.16 bits per heavy atom. The molecule has 3 rings (SSSR count). The maximum absolute atomic E-state index is 12.0. The first-order valence-electron chi connectivity index (χ1n) is 7.03. The molecule has 2 aliphatic carbocycles. The predicted octanol–water partition coefficient (Wildman–Crippen LogP) is 3.57. The normalized spacial score (nSPS) is 21.1. The minimum absolute atomic E-state index is 0.0284. The maximum Gasteiger partial charge on any atom is 0.315 e. The van der Waals surface area contributed by atoms with Crippen LogP contribution in [0.1, 0.15) is 44.1 Å². The van der Waals surface area contributed by atoms with E-state index < -0.39 is 0 Å². The lowest BCUT2D eigenvalue weighted by Gasteiger charge is -2.20. The summed E-state index contributed by atoms with van der Waals surface area (Å²) in [7, 11) is 0. The second-order valence-electron chi connectivity index (χ2n) is 5.67. The number of nitrogens with one attached hydrogen (secondary N) is 2. The molecule has 2 fully saturated rings. The fourth-order valence-corrected chi connectivity index (χ4v) is 3.01. The highest BCUT2D eigenvalue weighted by Crippen LogP contribution is 2.45. The van der Waals surface area contributed by atoms with Gasteiger partial charge in [0.15, 0.2) is 0 Å². The lowest BCUT2D eigenvalue weighted by atomic mass is 10.1. The van der Waals surface area contributed by atoms with E-state index in [2.05, 4.69) is 10.6 Å². The molecule has 102 valence electrons. The summed E-state index contributed by atoms with van der Waals surface area (Å²) in [6.07, 6.45) is 6.70. The van der Waals surface area contributed by atoms with Crippen molar-refractivity contribution in [1.29, 1.82) is 0 Å². The Morgan fingerprint density at radius 2 is 1.79 bits per heavy atom. The molecule has 0 spiro atoms. The molecule has 0 unspecified atom stereocenters. The third-order valence-electron chi connectivity index (χ3n) is 4.19. The zero-order valence-electron chi connectivity index (χ0n) is 10.9. The van der Waals surface area contributed by atoms with Crippen LogP contribution in [0, 0.1) is 0 Å². The summed E-state index contributed by atoms with van der Waals surface area (Å²) in [4.78, 5) is 12.0. The number of carbonyl (C=O) groups is 1. The highest BCUT2D eigenvalue weighted by molar-refractivity contribution is 6.30. The Kier molecular flexibility index (Phi) is 3.40. The predicted molar refractivity (Wildman–Crippen MR) is 76.3 cm³/mol. The number of carbonyl (C=O) groups excluding carboxylic acids is 1. The summed E-state index contributed by atoms with van der Waals surface area (Å²) in [5.41, 5.74) is 0.992. The van der Waals surface area contributed by atoms with Gasteiger partial charge in [-0.25, -0.2) is 4.79 Å². The first-order chi connectivity index (χ1) is 9.18. The number of urea groups is 1. The van der Waals surface area contributed by atoms with E-state index in [1.54, 1.807) is 0 Å². The van der Waals surface area contributed by atoms with E-state index in [9.17, 15) is 4.79 Å². The Hall–Kier alpha value is -1.22. The van der Waals surface area contributed by atoms with Crippen LogP contribution in [-0.4, -0.2) is 12.1 Å². The summed E-state index contributed by atoms with van der Waals surface area (Å²) >= 11 is 5.90. The average Bonchev–Trinajstić information content (AvgIpc) is 2.98. The minimum atomic E-state index is -0.159. The molecule has 4 heteroatoms. The number of hydrogen-bond acceptors (Lipinski definition) is 1. The van der Waals surface area contributed by atoms with Crippen LogP contribution in [0.2, 0.25) is 5.02 Å². The van der Waals surface area contributed by atoms with Crippen LogP contribution in [0.25, 0.3) is 0 Å². The van der Waals surface area contributed by atoms with Crippen molar-refractivity contribution in [2.24, 2.45) is 0 Å². The van der Waals surface area contributed by atoms with Crippen LogP contribution in [0.15, 0.2) is 24.3 Å². The maximum atomic E-state index is 12.0. The second-order valence-corrected chi connectivity index (χ2v) is 6.11. The van der Waals surface area contributed by atoms with Crippen molar-refractivity contribution in [3.05, 3.63) is 34.9 Å².